The maximum atomic E-state index is 6.17. The Labute approximate surface area is 87.9 Å². The fourth-order valence-electron chi connectivity index (χ4n) is 2.06. The third kappa shape index (κ3) is 2.06. The van der Waals surface area contributed by atoms with E-state index < -0.39 is 0 Å². The van der Waals surface area contributed by atoms with Crippen molar-refractivity contribution in [2.24, 2.45) is 11.7 Å². The SMILES string of the molecule is NC(c1ccc(Cl)s1)C1CCCC1. The van der Waals surface area contributed by atoms with Crippen LogP contribution in [-0.4, -0.2) is 0 Å². The molecule has 0 amide bonds. The molecule has 1 unspecified atom stereocenters. The molecule has 1 aromatic rings. The van der Waals surface area contributed by atoms with Crippen LogP contribution in [0.1, 0.15) is 36.6 Å². The van der Waals surface area contributed by atoms with Crippen molar-refractivity contribution in [2.75, 3.05) is 0 Å². The quantitative estimate of drug-likeness (QED) is 0.802. The van der Waals surface area contributed by atoms with E-state index in [9.17, 15) is 0 Å². The van der Waals surface area contributed by atoms with E-state index in [0.717, 1.165) is 4.34 Å². The van der Waals surface area contributed by atoms with E-state index in [-0.39, 0.29) is 6.04 Å². The molecule has 0 bridgehead atoms. The van der Waals surface area contributed by atoms with Crippen molar-refractivity contribution >= 4 is 22.9 Å². The van der Waals surface area contributed by atoms with Gasteiger partial charge in [-0.15, -0.1) is 11.3 Å². The van der Waals surface area contributed by atoms with Gasteiger partial charge in [-0.3, -0.25) is 0 Å². The van der Waals surface area contributed by atoms with Crippen LogP contribution in [0, 0.1) is 5.92 Å². The molecule has 1 atom stereocenters. The first kappa shape index (κ1) is 9.50. The number of hydrogen-bond donors (Lipinski definition) is 1. The van der Waals surface area contributed by atoms with Gasteiger partial charge >= 0.3 is 0 Å². The predicted octanol–water partition coefficient (Wildman–Crippen LogP) is 3.59. The Morgan fingerprint density at radius 3 is 2.62 bits per heavy atom. The van der Waals surface area contributed by atoms with Gasteiger partial charge in [0.15, 0.2) is 0 Å². The van der Waals surface area contributed by atoms with Gasteiger partial charge in [-0.25, -0.2) is 0 Å². The average molecular weight is 216 g/mol. The van der Waals surface area contributed by atoms with Crippen molar-refractivity contribution in [1.29, 1.82) is 0 Å². The second-order valence-corrected chi connectivity index (χ2v) is 5.46. The van der Waals surface area contributed by atoms with Gasteiger partial charge in [-0.1, -0.05) is 24.4 Å². The summed E-state index contributed by atoms with van der Waals surface area (Å²) in [5.41, 5.74) is 6.17. The molecule has 0 aromatic carbocycles. The summed E-state index contributed by atoms with van der Waals surface area (Å²) >= 11 is 7.50. The van der Waals surface area contributed by atoms with Crippen molar-refractivity contribution in [1.82, 2.24) is 0 Å². The highest BCUT2D eigenvalue weighted by molar-refractivity contribution is 7.16. The van der Waals surface area contributed by atoms with Crippen LogP contribution in [0.3, 0.4) is 0 Å². The van der Waals surface area contributed by atoms with Gasteiger partial charge in [-0.2, -0.15) is 0 Å². The minimum atomic E-state index is 0.222. The number of hydrogen-bond acceptors (Lipinski definition) is 2. The topological polar surface area (TPSA) is 26.0 Å². The first-order valence-corrected chi connectivity index (χ1v) is 5.97. The van der Waals surface area contributed by atoms with Crippen LogP contribution in [0.5, 0.6) is 0 Å². The van der Waals surface area contributed by atoms with E-state index in [4.69, 9.17) is 17.3 Å². The second kappa shape index (κ2) is 3.99. The van der Waals surface area contributed by atoms with E-state index in [1.54, 1.807) is 11.3 Å². The molecule has 0 spiro atoms. The van der Waals surface area contributed by atoms with E-state index in [2.05, 4.69) is 6.07 Å². The highest BCUT2D eigenvalue weighted by atomic mass is 35.5. The lowest BCUT2D eigenvalue weighted by atomic mass is 9.98. The normalized spacial score (nSPS) is 20.8. The molecule has 2 rings (SSSR count). The van der Waals surface area contributed by atoms with Crippen molar-refractivity contribution in [3.8, 4) is 0 Å². The van der Waals surface area contributed by atoms with Crippen molar-refractivity contribution in [2.45, 2.75) is 31.7 Å². The summed E-state index contributed by atoms with van der Waals surface area (Å²) in [5.74, 6) is 0.690. The highest BCUT2D eigenvalue weighted by Gasteiger charge is 2.23. The van der Waals surface area contributed by atoms with E-state index in [1.807, 2.05) is 6.07 Å². The van der Waals surface area contributed by atoms with Crippen molar-refractivity contribution in [3.63, 3.8) is 0 Å². The molecular weight excluding hydrogens is 202 g/mol. The van der Waals surface area contributed by atoms with Gasteiger partial charge in [0.1, 0.15) is 0 Å². The molecule has 3 heteroatoms. The maximum absolute atomic E-state index is 6.17. The predicted molar refractivity (Wildman–Crippen MR) is 58.2 cm³/mol. The maximum Gasteiger partial charge on any atom is 0.0931 e. The van der Waals surface area contributed by atoms with E-state index in [1.165, 1.54) is 30.6 Å². The summed E-state index contributed by atoms with van der Waals surface area (Å²) in [7, 11) is 0. The molecule has 1 saturated carbocycles. The summed E-state index contributed by atoms with van der Waals surface area (Å²) in [6, 6.07) is 4.23. The lowest BCUT2D eigenvalue weighted by Gasteiger charge is -2.16. The highest BCUT2D eigenvalue weighted by Crippen LogP contribution is 2.37. The Morgan fingerprint density at radius 1 is 1.38 bits per heavy atom. The Balaban J connectivity index is 2.07. The zero-order chi connectivity index (χ0) is 9.26. The molecule has 1 heterocycles. The first-order chi connectivity index (χ1) is 6.27. The molecule has 2 N–H and O–H groups in total. The standard InChI is InChI=1S/C10H14ClNS/c11-9-6-5-8(13-9)10(12)7-3-1-2-4-7/h5-7,10H,1-4,12H2. The number of rotatable bonds is 2. The third-order valence-electron chi connectivity index (χ3n) is 2.83. The summed E-state index contributed by atoms with van der Waals surface area (Å²) < 4.78 is 0.850. The first-order valence-electron chi connectivity index (χ1n) is 4.78. The molecule has 1 fully saturated rings. The second-order valence-electron chi connectivity index (χ2n) is 3.71. The molecular formula is C10H14ClNS. The summed E-state index contributed by atoms with van der Waals surface area (Å²) in [5, 5.41) is 0. The van der Waals surface area contributed by atoms with Gasteiger partial charge in [0, 0.05) is 10.9 Å². The number of nitrogens with two attached hydrogens (primary N) is 1. The molecule has 0 aliphatic heterocycles. The molecule has 0 saturated heterocycles. The van der Waals surface area contributed by atoms with Crippen LogP contribution in [0.15, 0.2) is 12.1 Å². The lowest BCUT2D eigenvalue weighted by Crippen LogP contribution is -2.17. The molecule has 0 radical (unpaired) electrons. The molecule has 1 aliphatic rings. The van der Waals surface area contributed by atoms with Crippen LogP contribution >= 0.6 is 22.9 Å². The zero-order valence-electron chi connectivity index (χ0n) is 7.50. The number of thiophene rings is 1. The van der Waals surface area contributed by atoms with E-state index in [0.29, 0.717) is 5.92 Å². The fourth-order valence-corrected chi connectivity index (χ4v) is 3.21. The lowest BCUT2D eigenvalue weighted by molar-refractivity contribution is 0.450. The average Bonchev–Trinajstić information content (AvgIpc) is 2.72. The van der Waals surface area contributed by atoms with Gasteiger partial charge < -0.3 is 5.73 Å². The number of halogens is 1. The van der Waals surface area contributed by atoms with Gasteiger partial charge in [0.25, 0.3) is 0 Å². The Morgan fingerprint density at radius 2 is 2.08 bits per heavy atom. The minimum Gasteiger partial charge on any atom is -0.323 e. The summed E-state index contributed by atoms with van der Waals surface area (Å²) in [6.07, 6.45) is 5.27. The molecule has 1 nitrogen and oxygen atoms in total. The van der Waals surface area contributed by atoms with Crippen LogP contribution in [0.25, 0.3) is 0 Å². The zero-order valence-corrected chi connectivity index (χ0v) is 9.07. The Hall–Kier alpha value is -0.0500. The monoisotopic (exact) mass is 215 g/mol. The van der Waals surface area contributed by atoms with Crippen LogP contribution in [0.2, 0.25) is 4.34 Å². The molecule has 1 aliphatic carbocycles. The third-order valence-corrected chi connectivity index (χ3v) is 4.16. The van der Waals surface area contributed by atoms with Gasteiger partial charge in [0.05, 0.1) is 4.34 Å². The van der Waals surface area contributed by atoms with Crippen molar-refractivity contribution in [3.05, 3.63) is 21.3 Å². The van der Waals surface area contributed by atoms with Crippen LogP contribution in [0.4, 0.5) is 0 Å². The van der Waals surface area contributed by atoms with Crippen LogP contribution < -0.4 is 5.73 Å². The fraction of sp³-hybridized carbons (Fsp3) is 0.600. The minimum absolute atomic E-state index is 0.222. The molecule has 72 valence electrons. The van der Waals surface area contributed by atoms with Crippen molar-refractivity contribution < 1.29 is 0 Å². The summed E-state index contributed by atoms with van der Waals surface area (Å²) in [6.45, 7) is 0. The largest absolute Gasteiger partial charge is 0.323 e. The molecule has 1 aromatic heterocycles. The Bertz CT molecular complexity index is 278. The van der Waals surface area contributed by atoms with Gasteiger partial charge in [-0.05, 0) is 30.9 Å². The van der Waals surface area contributed by atoms with Crippen LogP contribution in [-0.2, 0) is 0 Å². The Kier molecular flexibility index (Phi) is 2.92. The van der Waals surface area contributed by atoms with Gasteiger partial charge in [0.2, 0.25) is 0 Å². The summed E-state index contributed by atoms with van der Waals surface area (Å²) in [4.78, 5) is 1.25. The smallest absolute Gasteiger partial charge is 0.0931 e. The molecule has 13 heavy (non-hydrogen) atoms. The van der Waals surface area contributed by atoms with E-state index >= 15 is 0 Å².